The van der Waals surface area contributed by atoms with Gasteiger partial charge in [0.1, 0.15) is 6.33 Å². The molecule has 8 nitrogen and oxygen atoms in total. The van der Waals surface area contributed by atoms with Crippen molar-refractivity contribution < 1.29 is 22.8 Å². The molecule has 0 saturated heterocycles. The SMILES string of the molecule is CC(=O)Nc1ccc(NC(=O)c2cccc(-n3cnnn3)c2)c(C(F)(F)F)c1. The zero-order valence-corrected chi connectivity index (χ0v) is 14.4. The molecule has 0 spiro atoms. The van der Waals surface area contributed by atoms with Crippen LogP contribution in [-0.4, -0.2) is 32.0 Å². The highest BCUT2D eigenvalue weighted by Crippen LogP contribution is 2.36. The average Bonchev–Trinajstić information content (AvgIpc) is 3.16. The highest BCUT2D eigenvalue weighted by atomic mass is 19.4. The van der Waals surface area contributed by atoms with E-state index < -0.39 is 29.2 Å². The lowest BCUT2D eigenvalue weighted by Gasteiger charge is -2.16. The van der Waals surface area contributed by atoms with Crippen molar-refractivity contribution in [3.8, 4) is 5.69 Å². The van der Waals surface area contributed by atoms with E-state index in [1.165, 1.54) is 36.1 Å². The van der Waals surface area contributed by atoms with Gasteiger partial charge in [0.2, 0.25) is 5.91 Å². The minimum atomic E-state index is -4.73. The van der Waals surface area contributed by atoms with Gasteiger partial charge in [-0.3, -0.25) is 9.59 Å². The van der Waals surface area contributed by atoms with Gasteiger partial charge in [-0.2, -0.15) is 13.2 Å². The van der Waals surface area contributed by atoms with Crippen LogP contribution in [0, 0.1) is 0 Å². The van der Waals surface area contributed by atoms with E-state index in [1.807, 2.05) is 0 Å². The molecule has 0 fully saturated rings. The molecule has 0 radical (unpaired) electrons. The van der Waals surface area contributed by atoms with E-state index in [2.05, 4.69) is 26.2 Å². The highest BCUT2D eigenvalue weighted by Gasteiger charge is 2.34. The normalized spacial score (nSPS) is 11.1. The molecule has 0 aliphatic carbocycles. The Labute approximate surface area is 156 Å². The van der Waals surface area contributed by atoms with Gasteiger partial charge in [-0.05, 0) is 46.8 Å². The number of nitrogens with one attached hydrogen (secondary N) is 2. The lowest BCUT2D eigenvalue weighted by Crippen LogP contribution is -2.17. The largest absolute Gasteiger partial charge is 0.418 e. The maximum absolute atomic E-state index is 13.4. The van der Waals surface area contributed by atoms with E-state index in [1.54, 1.807) is 12.1 Å². The van der Waals surface area contributed by atoms with Gasteiger partial charge in [-0.25, -0.2) is 4.68 Å². The molecule has 0 saturated carbocycles. The average molecular weight is 390 g/mol. The minimum absolute atomic E-state index is 0.0292. The summed E-state index contributed by atoms with van der Waals surface area (Å²) in [6.45, 7) is 1.18. The van der Waals surface area contributed by atoms with Crippen LogP contribution in [0.15, 0.2) is 48.8 Å². The molecular formula is C17H13F3N6O2. The number of nitrogens with zero attached hydrogens (tertiary/aromatic N) is 4. The molecule has 0 unspecified atom stereocenters. The van der Waals surface area contributed by atoms with E-state index in [4.69, 9.17) is 0 Å². The lowest BCUT2D eigenvalue weighted by molar-refractivity contribution is -0.137. The Morgan fingerprint density at radius 1 is 1.07 bits per heavy atom. The standard InChI is InChI=1S/C17H13F3N6O2/c1-10(27)22-12-5-6-15(14(8-12)17(18,19)20)23-16(28)11-3-2-4-13(7-11)26-9-21-24-25-26/h2-9H,1H3,(H,22,27)(H,23,28). The Kier molecular flexibility index (Phi) is 5.07. The summed E-state index contributed by atoms with van der Waals surface area (Å²) in [5, 5.41) is 15.2. The molecule has 3 rings (SSSR count). The molecule has 0 bridgehead atoms. The Morgan fingerprint density at radius 3 is 2.50 bits per heavy atom. The topological polar surface area (TPSA) is 102 Å². The van der Waals surface area contributed by atoms with Crippen LogP contribution >= 0.6 is 0 Å². The van der Waals surface area contributed by atoms with Crippen LogP contribution in [0.1, 0.15) is 22.8 Å². The first-order chi connectivity index (χ1) is 13.2. The number of rotatable bonds is 4. The van der Waals surface area contributed by atoms with Gasteiger partial charge >= 0.3 is 6.18 Å². The van der Waals surface area contributed by atoms with Gasteiger partial charge in [0, 0.05) is 18.2 Å². The van der Waals surface area contributed by atoms with Gasteiger partial charge < -0.3 is 10.6 Å². The number of alkyl halides is 3. The van der Waals surface area contributed by atoms with Crippen LogP contribution in [-0.2, 0) is 11.0 Å². The van der Waals surface area contributed by atoms with Gasteiger partial charge in [-0.15, -0.1) is 5.10 Å². The van der Waals surface area contributed by atoms with Gasteiger partial charge in [0.05, 0.1) is 16.9 Å². The molecule has 0 aliphatic heterocycles. The second kappa shape index (κ2) is 7.47. The number of benzene rings is 2. The Hall–Kier alpha value is -3.76. The summed E-state index contributed by atoms with van der Waals surface area (Å²) in [5.74, 6) is -1.25. The zero-order chi connectivity index (χ0) is 20.3. The highest BCUT2D eigenvalue weighted by molar-refractivity contribution is 6.05. The van der Waals surface area contributed by atoms with Crippen molar-refractivity contribution in [2.45, 2.75) is 13.1 Å². The van der Waals surface area contributed by atoms with Gasteiger partial charge in [0.25, 0.3) is 5.91 Å². The summed E-state index contributed by atoms with van der Waals surface area (Å²) >= 11 is 0. The molecule has 2 aromatic carbocycles. The minimum Gasteiger partial charge on any atom is -0.326 e. The number of carbonyl (C=O) groups is 2. The van der Waals surface area contributed by atoms with Crippen molar-refractivity contribution in [1.29, 1.82) is 0 Å². The Bertz CT molecular complexity index is 1020. The second-order valence-electron chi connectivity index (χ2n) is 5.70. The summed E-state index contributed by atoms with van der Waals surface area (Å²) in [5.41, 5.74) is -0.955. The number of carbonyl (C=O) groups excluding carboxylic acids is 2. The maximum atomic E-state index is 13.4. The molecule has 11 heteroatoms. The van der Waals surface area contributed by atoms with Crippen LogP contribution in [0.2, 0.25) is 0 Å². The van der Waals surface area contributed by atoms with Crippen LogP contribution in [0.5, 0.6) is 0 Å². The van der Waals surface area contributed by atoms with E-state index in [9.17, 15) is 22.8 Å². The van der Waals surface area contributed by atoms with Crippen molar-refractivity contribution in [1.82, 2.24) is 20.2 Å². The Morgan fingerprint density at radius 2 is 1.86 bits per heavy atom. The number of hydrogen-bond donors (Lipinski definition) is 2. The maximum Gasteiger partial charge on any atom is 0.418 e. The molecule has 3 aromatic rings. The number of halogens is 3. The molecule has 1 heterocycles. The predicted molar refractivity (Wildman–Crippen MR) is 92.9 cm³/mol. The molecule has 1 aromatic heterocycles. The quantitative estimate of drug-likeness (QED) is 0.713. The number of anilines is 2. The van der Waals surface area contributed by atoms with Crippen LogP contribution < -0.4 is 10.6 Å². The van der Waals surface area contributed by atoms with E-state index in [0.29, 0.717) is 5.69 Å². The van der Waals surface area contributed by atoms with Crippen LogP contribution in [0.4, 0.5) is 24.5 Å². The molecule has 28 heavy (non-hydrogen) atoms. The summed E-state index contributed by atoms with van der Waals surface area (Å²) in [4.78, 5) is 23.5. The first-order valence-electron chi connectivity index (χ1n) is 7.87. The van der Waals surface area contributed by atoms with Crippen molar-refractivity contribution >= 4 is 23.2 Å². The Balaban J connectivity index is 1.90. The number of hydrogen-bond acceptors (Lipinski definition) is 5. The fourth-order valence-corrected chi connectivity index (χ4v) is 2.43. The summed E-state index contributed by atoms with van der Waals surface area (Å²) < 4.78 is 41.4. The number of tetrazole rings is 1. The molecule has 144 valence electrons. The van der Waals surface area contributed by atoms with E-state index >= 15 is 0 Å². The molecule has 2 amide bonds. The summed E-state index contributed by atoms with van der Waals surface area (Å²) in [6.07, 6.45) is -3.41. The fraction of sp³-hybridized carbons (Fsp3) is 0.118. The molecule has 0 aliphatic rings. The third-order valence-corrected chi connectivity index (χ3v) is 3.62. The van der Waals surface area contributed by atoms with Crippen molar-refractivity contribution in [3.05, 3.63) is 59.9 Å². The molecular weight excluding hydrogens is 377 g/mol. The first-order valence-corrected chi connectivity index (χ1v) is 7.87. The van der Waals surface area contributed by atoms with Crippen molar-refractivity contribution in [2.75, 3.05) is 10.6 Å². The number of aromatic nitrogens is 4. The van der Waals surface area contributed by atoms with Crippen molar-refractivity contribution in [2.24, 2.45) is 0 Å². The predicted octanol–water partition coefficient (Wildman–Crippen LogP) is 2.89. The molecule has 0 atom stereocenters. The van der Waals surface area contributed by atoms with Gasteiger partial charge in [-0.1, -0.05) is 6.07 Å². The van der Waals surface area contributed by atoms with Crippen molar-refractivity contribution in [3.63, 3.8) is 0 Å². The first kappa shape index (κ1) is 19.0. The summed E-state index contributed by atoms with van der Waals surface area (Å²) in [6, 6.07) is 9.18. The second-order valence-corrected chi connectivity index (χ2v) is 5.70. The van der Waals surface area contributed by atoms with Gasteiger partial charge in [0.15, 0.2) is 0 Å². The fourth-order valence-electron chi connectivity index (χ4n) is 2.43. The third kappa shape index (κ3) is 4.31. The zero-order valence-electron chi connectivity index (χ0n) is 14.4. The monoisotopic (exact) mass is 390 g/mol. The smallest absolute Gasteiger partial charge is 0.326 e. The third-order valence-electron chi connectivity index (χ3n) is 3.62. The van der Waals surface area contributed by atoms with Crippen LogP contribution in [0.25, 0.3) is 5.69 Å². The number of amides is 2. The lowest BCUT2D eigenvalue weighted by atomic mass is 10.1. The van der Waals surface area contributed by atoms with E-state index in [0.717, 1.165) is 12.1 Å². The van der Waals surface area contributed by atoms with E-state index in [-0.39, 0.29) is 11.3 Å². The molecule has 2 N–H and O–H groups in total. The van der Waals surface area contributed by atoms with Crippen LogP contribution in [0.3, 0.4) is 0 Å². The summed E-state index contributed by atoms with van der Waals surface area (Å²) in [7, 11) is 0.